The number of benzene rings is 6. The first-order valence-electron chi connectivity index (χ1n) is 15.8. The molecule has 0 heterocycles. The van der Waals surface area contributed by atoms with Gasteiger partial charge in [0.2, 0.25) is 0 Å². The van der Waals surface area contributed by atoms with Crippen LogP contribution in [0.5, 0.6) is 11.5 Å². The summed E-state index contributed by atoms with van der Waals surface area (Å²) in [6, 6.07) is 21.4. The maximum absolute atomic E-state index is 13.0. The summed E-state index contributed by atoms with van der Waals surface area (Å²) in [7, 11) is -8.96. The molecule has 4 amide bonds. The van der Waals surface area contributed by atoms with Crippen LogP contribution in [0.3, 0.4) is 0 Å². The molecule has 0 radical (unpaired) electrons. The molecule has 6 aromatic carbocycles. The van der Waals surface area contributed by atoms with Crippen LogP contribution in [0.25, 0.3) is 21.5 Å². The number of imide groups is 2. The van der Waals surface area contributed by atoms with Gasteiger partial charge in [-0.15, -0.1) is 0 Å². The first kappa shape index (κ1) is 37.2. The van der Waals surface area contributed by atoms with Crippen LogP contribution in [-0.2, 0) is 20.2 Å². The number of amides is 4. The van der Waals surface area contributed by atoms with Gasteiger partial charge in [-0.2, -0.15) is 16.8 Å². The van der Waals surface area contributed by atoms with Gasteiger partial charge in [0.05, 0.1) is 9.79 Å². The predicted octanol–water partition coefficient (Wildman–Crippen LogP) is 6.28. The highest BCUT2D eigenvalue weighted by molar-refractivity contribution is 7.86. The van der Waals surface area contributed by atoms with Crippen LogP contribution in [0, 0.1) is 13.8 Å². The van der Waals surface area contributed by atoms with Crippen LogP contribution < -0.4 is 21.3 Å². The van der Waals surface area contributed by atoms with Crippen LogP contribution in [0.15, 0.2) is 107 Å². The molecule has 6 aromatic rings. The van der Waals surface area contributed by atoms with Crippen molar-refractivity contribution in [2.45, 2.75) is 23.6 Å². The zero-order valence-corrected chi connectivity index (χ0v) is 29.8. The molecule has 0 aliphatic heterocycles. The van der Waals surface area contributed by atoms with Crippen LogP contribution in [0.1, 0.15) is 31.8 Å². The minimum absolute atomic E-state index is 0.0585. The molecule has 0 fully saturated rings. The molecule has 0 saturated carbocycles. The van der Waals surface area contributed by atoms with Gasteiger partial charge in [-0.25, -0.2) is 4.79 Å². The molecule has 0 bridgehead atoms. The van der Waals surface area contributed by atoms with Crippen molar-refractivity contribution in [3.05, 3.63) is 119 Å². The second-order valence-electron chi connectivity index (χ2n) is 12.3. The van der Waals surface area contributed by atoms with Crippen molar-refractivity contribution < 1.29 is 50.5 Å². The number of phenols is 2. The maximum atomic E-state index is 13.0. The molecule has 0 aliphatic carbocycles. The standard InChI is InChI=1S/C37H30N4O11S2/c1-19-3-5-23(13-31(19)38-25-11-21-7-9-27(53(47,48)49)17-29(21)33(42)15-25)35(44)40-37(46)41-36(45)24-6-4-20(2)32(14-24)39-26-12-22-8-10-28(54(50,51)52)18-30(22)34(43)16-26/h3-18,38-39,42-43H,1-2H3,(H,47,48,49)(H,50,51,52)(H2,40,41,44,45,46). The summed E-state index contributed by atoms with van der Waals surface area (Å²) in [6.45, 7) is 3.51. The van der Waals surface area contributed by atoms with E-state index >= 15 is 0 Å². The second kappa shape index (κ2) is 14.1. The van der Waals surface area contributed by atoms with Gasteiger partial charge in [0.15, 0.2) is 0 Å². The molecule has 17 heteroatoms. The average Bonchev–Trinajstić information content (AvgIpc) is 3.09. The zero-order valence-electron chi connectivity index (χ0n) is 28.2. The summed E-state index contributed by atoms with van der Waals surface area (Å²) in [6.07, 6.45) is 0. The predicted molar refractivity (Wildman–Crippen MR) is 200 cm³/mol. The number of aromatic hydroxyl groups is 2. The Morgan fingerprint density at radius 2 is 0.907 bits per heavy atom. The van der Waals surface area contributed by atoms with Gasteiger partial charge in [-0.3, -0.25) is 29.3 Å². The summed E-state index contributed by atoms with van der Waals surface area (Å²) < 4.78 is 64.7. The number of aryl methyl sites for hydroxylation is 2. The average molecular weight is 771 g/mol. The molecule has 8 N–H and O–H groups in total. The van der Waals surface area contributed by atoms with E-state index in [0.29, 0.717) is 44.6 Å². The highest BCUT2D eigenvalue weighted by atomic mass is 32.2. The maximum Gasteiger partial charge on any atom is 0.328 e. The van der Waals surface area contributed by atoms with E-state index in [1.165, 1.54) is 60.7 Å². The fourth-order valence-corrected chi connectivity index (χ4v) is 6.60. The Morgan fingerprint density at radius 3 is 1.28 bits per heavy atom. The number of nitrogens with one attached hydrogen (secondary N) is 4. The third-order valence-corrected chi connectivity index (χ3v) is 10.1. The van der Waals surface area contributed by atoms with Gasteiger partial charge in [-0.05, 0) is 96.4 Å². The van der Waals surface area contributed by atoms with Crippen molar-refractivity contribution in [3.63, 3.8) is 0 Å². The Kier molecular flexibility index (Phi) is 9.74. The SMILES string of the molecule is Cc1ccc(C(=O)NC(=O)NC(=O)c2ccc(C)c(Nc3cc(O)c4cc(S(=O)(=O)O)ccc4c3)c2)cc1Nc1cc(O)c2cc(S(=O)(=O)O)ccc2c1. The molecule has 0 saturated heterocycles. The number of carbonyl (C=O) groups excluding carboxylic acids is 3. The van der Waals surface area contributed by atoms with Gasteiger partial charge in [0.1, 0.15) is 11.5 Å². The lowest BCUT2D eigenvalue weighted by Crippen LogP contribution is -2.42. The normalized spacial score (nSPS) is 11.6. The molecule has 15 nitrogen and oxygen atoms in total. The number of rotatable bonds is 8. The fourth-order valence-electron chi connectivity index (χ4n) is 5.59. The van der Waals surface area contributed by atoms with Gasteiger partial charge < -0.3 is 20.8 Å². The second-order valence-corrected chi connectivity index (χ2v) is 15.1. The highest BCUT2D eigenvalue weighted by Gasteiger charge is 2.18. The van der Waals surface area contributed by atoms with Crippen LogP contribution >= 0.6 is 0 Å². The van der Waals surface area contributed by atoms with Crippen molar-refractivity contribution in [2.24, 2.45) is 0 Å². The van der Waals surface area contributed by atoms with Gasteiger partial charge >= 0.3 is 6.03 Å². The van der Waals surface area contributed by atoms with Crippen LogP contribution in [0.2, 0.25) is 0 Å². The van der Waals surface area contributed by atoms with Gasteiger partial charge in [0.25, 0.3) is 32.1 Å². The first-order chi connectivity index (χ1) is 25.3. The van der Waals surface area contributed by atoms with Gasteiger partial charge in [-0.1, -0.05) is 24.3 Å². The Hall–Kier alpha value is -6.53. The zero-order chi connectivity index (χ0) is 39.1. The lowest BCUT2D eigenvalue weighted by Gasteiger charge is -2.14. The lowest BCUT2D eigenvalue weighted by atomic mass is 10.1. The molecule has 54 heavy (non-hydrogen) atoms. The summed E-state index contributed by atoms with van der Waals surface area (Å²) >= 11 is 0. The Morgan fingerprint density at radius 1 is 0.519 bits per heavy atom. The highest BCUT2D eigenvalue weighted by Crippen LogP contribution is 2.35. The van der Waals surface area contributed by atoms with E-state index in [2.05, 4.69) is 21.3 Å². The molecule has 0 aromatic heterocycles. The van der Waals surface area contributed by atoms with E-state index in [1.54, 1.807) is 38.1 Å². The van der Waals surface area contributed by atoms with Gasteiger partial charge in [0, 0.05) is 56.8 Å². The third-order valence-electron chi connectivity index (χ3n) is 8.42. The molecule has 0 unspecified atom stereocenters. The Balaban J connectivity index is 1.13. The van der Waals surface area contributed by atoms with E-state index < -0.39 is 38.1 Å². The number of urea groups is 1. The number of carbonyl (C=O) groups is 3. The van der Waals surface area contributed by atoms with Crippen molar-refractivity contribution in [2.75, 3.05) is 10.6 Å². The van der Waals surface area contributed by atoms with E-state index in [0.717, 1.165) is 12.1 Å². The van der Waals surface area contributed by atoms with Crippen LogP contribution in [0.4, 0.5) is 27.5 Å². The summed E-state index contributed by atoms with van der Waals surface area (Å²) in [5, 5.41) is 32.8. The molecular formula is C37H30N4O11S2. The molecule has 0 atom stereocenters. The number of hydrogen-bond donors (Lipinski definition) is 8. The third kappa shape index (κ3) is 8.08. The number of fused-ring (bicyclic) bond motifs is 2. The Bertz CT molecular complexity index is 2600. The number of hydrogen-bond acceptors (Lipinski definition) is 11. The number of anilines is 4. The summed E-state index contributed by atoms with van der Waals surface area (Å²) in [5.74, 6) is -2.18. The Labute approximate surface area is 307 Å². The fraction of sp³-hybridized carbons (Fsp3) is 0.0541. The van der Waals surface area contributed by atoms with Crippen molar-refractivity contribution in [1.29, 1.82) is 0 Å². The minimum Gasteiger partial charge on any atom is -0.507 e. The van der Waals surface area contributed by atoms with E-state index in [4.69, 9.17) is 0 Å². The molecule has 6 rings (SSSR count). The van der Waals surface area contributed by atoms with E-state index in [-0.39, 0.29) is 43.2 Å². The van der Waals surface area contributed by atoms with Crippen molar-refractivity contribution >= 4 is 82.4 Å². The number of phenolic OH excluding ortho intramolecular Hbond substituents is 2. The minimum atomic E-state index is -4.48. The molecule has 0 spiro atoms. The summed E-state index contributed by atoms with van der Waals surface area (Å²) in [4.78, 5) is 38.0. The monoisotopic (exact) mass is 770 g/mol. The van der Waals surface area contributed by atoms with Crippen molar-refractivity contribution in [1.82, 2.24) is 10.6 Å². The van der Waals surface area contributed by atoms with Crippen LogP contribution in [-0.4, -0.2) is 54.0 Å². The van der Waals surface area contributed by atoms with E-state index in [9.17, 15) is 50.5 Å². The lowest BCUT2D eigenvalue weighted by molar-refractivity contribution is 0.0944. The topological polar surface area (TPSA) is 249 Å². The summed E-state index contributed by atoms with van der Waals surface area (Å²) in [5.41, 5.74) is 3.17. The van der Waals surface area contributed by atoms with Crippen molar-refractivity contribution in [3.8, 4) is 11.5 Å². The molecule has 276 valence electrons. The quantitative estimate of drug-likeness (QED) is 0.0795. The van der Waals surface area contributed by atoms with E-state index in [1.807, 2.05) is 0 Å². The first-order valence-corrected chi connectivity index (χ1v) is 18.6. The smallest absolute Gasteiger partial charge is 0.328 e. The molecular weight excluding hydrogens is 741 g/mol. The largest absolute Gasteiger partial charge is 0.507 e. The molecule has 0 aliphatic rings.